The Bertz CT molecular complexity index is 297. The molecule has 0 aromatic carbocycles. The predicted octanol–water partition coefficient (Wildman–Crippen LogP) is 1.49. The van der Waals surface area contributed by atoms with Gasteiger partial charge in [0.2, 0.25) is 0 Å². The molecule has 3 heteroatoms. The van der Waals surface area contributed by atoms with Crippen LogP contribution in [0.25, 0.3) is 0 Å². The van der Waals surface area contributed by atoms with Gasteiger partial charge in [0.25, 0.3) is 0 Å². The quantitative estimate of drug-likeness (QED) is 0.788. The Balaban J connectivity index is 1.91. The number of rotatable bonds is 3. The van der Waals surface area contributed by atoms with E-state index in [4.69, 9.17) is 0 Å². The van der Waals surface area contributed by atoms with Crippen molar-refractivity contribution in [2.24, 2.45) is 7.05 Å². The van der Waals surface area contributed by atoms with E-state index in [2.05, 4.69) is 28.8 Å². The van der Waals surface area contributed by atoms with E-state index in [1.54, 1.807) is 0 Å². The molecule has 0 bridgehead atoms. The molecule has 14 heavy (non-hydrogen) atoms. The first-order chi connectivity index (χ1) is 6.70. The molecule has 1 aliphatic heterocycles. The monoisotopic (exact) mass is 193 g/mol. The minimum absolute atomic E-state index is 0.353. The standard InChI is InChI=1S/C11H19N3/c1-11(5-3-7-13-11)6-4-10-12-8-9-14(10)2/h8-9,13H,3-7H2,1-2H3. The second kappa shape index (κ2) is 3.73. The van der Waals surface area contributed by atoms with Crippen molar-refractivity contribution in [2.45, 2.75) is 38.1 Å². The van der Waals surface area contributed by atoms with Gasteiger partial charge in [-0.05, 0) is 32.7 Å². The van der Waals surface area contributed by atoms with E-state index in [-0.39, 0.29) is 0 Å². The number of imidazole rings is 1. The zero-order valence-corrected chi connectivity index (χ0v) is 9.08. The average Bonchev–Trinajstić information content (AvgIpc) is 2.73. The summed E-state index contributed by atoms with van der Waals surface area (Å²) in [7, 11) is 2.06. The van der Waals surface area contributed by atoms with Gasteiger partial charge in [-0.1, -0.05) is 0 Å². The number of hydrogen-bond acceptors (Lipinski definition) is 2. The third kappa shape index (κ3) is 1.98. The van der Waals surface area contributed by atoms with Gasteiger partial charge >= 0.3 is 0 Å². The van der Waals surface area contributed by atoms with E-state index in [1.165, 1.54) is 31.6 Å². The van der Waals surface area contributed by atoms with Crippen LogP contribution in [0.2, 0.25) is 0 Å². The van der Waals surface area contributed by atoms with Crippen molar-refractivity contribution in [2.75, 3.05) is 6.54 Å². The summed E-state index contributed by atoms with van der Waals surface area (Å²) in [4.78, 5) is 4.34. The molecule has 0 saturated carbocycles. The van der Waals surface area contributed by atoms with E-state index >= 15 is 0 Å². The zero-order chi connectivity index (χ0) is 10.0. The highest BCUT2D eigenvalue weighted by molar-refractivity contribution is 4.96. The van der Waals surface area contributed by atoms with Crippen molar-refractivity contribution in [3.8, 4) is 0 Å². The number of nitrogens with zero attached hydrogens (tertiary/aromatic N) is 2. The van der Waals surface area contributed by atoms with Crippen LogP contribution in [-0.4, -0.2) is 21.6 Å². The van der Waals surface area contributed by atoms with Gasteiger partial charge in [0.1, 0.15) is 5.82 Å². The molecular formula is C11H19N3. The number of hydrogen-bond donors (Lipinski definition) is 1. The molecule has 1 fully saturated rings. The summed E-state index contributed by atoms with van der Waals surface area (Å²) >= 11 is 0. The van der Waals surface area contributed by atoms with Crippen molar-refractivity contribution in [3.05, 3.63) is 18.2 Å². The Hall–Kier alpha value is -0.830. The minimum atomic E-state index is 0.353. The van der Waals surface area contributed by atoms with Crippen molar-refractivity contribution in [1.82, 2.24) is 14.9 Å². The third-order valence-corrected chi connectivity index (χ3v) is 3.28. The highest BCUT2D eigenvalue weighted by Crippen LogP contribution is 2.23. The molecule has 1 aromatic rings. The van der Waals surface area contributed by atoms with Gasteiger partial charge in [0.05, 0.1) is 0 Å². The van der Waals surface area contributed by atoms with Crippen LogP contribution in [0, 0.1) is 0 Å². The van der Waals surface area contributed by atoms with Crippen LogP contribution in [0.1, 0.15) is 32.0 Å². The molecular weight excluding hydrogens is 174 g/mol. The van der Waals surface area contributed by atoms with Gasteiger partial charge in [-0.15, -0.1) is 0 Å². The molecule has 1 unspecified atom stereocenters. The van der Waals surface area contributed by atoms with Crippen molar-refractivity contribution >= 4 is 0 Å². The fraction of sp³-hybridized carbons (Fsp3) is 0.727. The molecule has 1 aliphatic rings. The Kier molecular flexibility index (Phi) is 2.59. The first-order valence-corrected chi connectivity index (χ1v) is 5.41. The fourth-order valence-corrected chi connectivity index (χ4v) is 2.20. The maximum Gasteiger partial charge on any atom is 0.108 e. The summed E-state index contributed by atoms with van der Waals surface area (Å²) < 4.78 is 2.11. The Labute approximate surface area is 85.5 Å². The third-order valence-electron chi connectivity index (χ3n) is 3.28. The minimum Gasteiger partial charge on any atom is -0.338 e. The van der Waals surface area contributed by atoms with Gasteiger partial charge in [-0.2, -0.15) is 0 Å². The average molecular weight is 193 g/mol. The topological polar surface area (TPSA) is 29.9 Å². The van der Waals surface area contributed by atoms with Gasteiger partial charge < -0.3 is 9.88 Å². The Morgan fingerprint density at radius 1 is 1.64 bits per heavy atom. The second-order valence-corrected chi connectivity index (χ2v) is 4.55. The van der Waals surface area contributed by atoms with E-state index in [0.717, 1.165) is 6.42 Å². The zero-order valence-electron chi connectivity index (χ0n) is 9.08. The van der Waals surface area contributed by atoms with Gasteiger partial charge in [0.15, 0.2) is 0 Å². The van der Waals surface area contributed by atoms with Gasteiger partial charge in [-0.25, -0.2) is 4.98 Å². The van der Waals surface area contributed by atoms with Crippen LogP contribution in [0.4, 0.5) is 0 Å². The number of aromatic nitrogens is 2. The first-order valence-electron chi connectivity index (χ1n) is 5.41. The molecule has 78 valence electrons. The van der Waals surface area contributed by atoms with E-state index in [9.17, 15) is 0 Å². The Morgan fingerprint density at radius 2 is 2.50 bits per heavy atom. The maximum atomic E-state index is 4.34. The molecule has 0 amide bonds. The summed E-state index contributed by atoms with van der Waals surface area (Å²) in [5.41, 5.74) is 0.353. The molecule has 1 saturated heterocycles. The van der Waals surface area contributed by atoms with Crippen LogP contribution in [0.15, 0.2) is 12.4 Å². The normalized spacial score (nSPS) is 27.0. The lowest BCUT2D eigenvalue weighted by Crippen LogP contribution is -2.36. The molecule has 1 aromatic heterocycles. The highest BCUT2D eigenvalue weighted by Gasteiger charge is 2.27. The molecule has 3 nitrogen and oxygen atoms in total. The second-order valence-electron chi connectivity index (χ2n) is 4.55. The molecule has 0 radical (unpaired) electrons. The van der Waals surface area contributed by atoms with E-state index in [0.29, 0.717) is 5.54 Å². The van der Waals surface area contributed by atoms with E-state index < -0.39 is 0 Å². The predicted molar refractivity (Wildman–Crippen MR) is 57.2 cm³/mol. The fourth-order valence-electron chi connectivity index (χ4n) is 2.20. The lowest BCUT2D eigenvalue weighted by molar-refractivity contribution is 0.379. The lowest BCUT2D eigenvalue weighted by Gasteiger charge is -2.23. The van der Waals surface area contributed by atoms with Crippen LogP contribution in [0.3, 0.4) is 0 Å². The number of nitrogens with one attached hydrogen (secondary N) is 1. The summed E-state index contributed by atoms with van der Waals surface area (Å²) in [6, 6.07) is 0. The molecule has 1 atom stereocenters. The van der Waals surface area contributed by atoms with Gasteiger partial charge in [-0.3, -0.25) is 0 Å². The van der Waals surface area contributed by atoms with Gasteiger partial charge in [0, 0.05) is 31.4 Å². The first kappa shape index (κ1) is 9.71. The Morgan fingerprint density at radius 3 is 3.07 bits per heavy atom. The van der Waals surface area contributed by atoms with Crippen LogP contribution in [0.5, 0.6) is 0 Å². The SMILES string of the molecule is Cn1ccnc1CCC1(C)CCCN1. The van der Waals surface area contributed by atoms with Crippen molar-refractivity contribution < 1.29 is 0 Å². The largest absolute Gasteiger partial charge is 0.338 e. The molecule has 1 N–H and O–H groups in total. The summed E-state index contributed by atoms with van der Waals surface area (Å²) in [5, 5.41) is 3.58. The maximum absolute atomic E-state index is 4.34. The molecule has 0 spiro atoms. The van der Waals surface area contributed by atoms with Crippen molar-refractivity contribution in [3.63, 3.8) is 0 Å². The molecule has 2 rings (SSSR count). The molecule has 0 aliphatic carbocycles. The lowest BCUT2D eigenvalue weighted by atomic mass is 9.94. The van der Waals surface area contributed by atoms with E-state index in [1.807, 2.05) is 12.4 Å². The van der Waals surface area contributed by atoms with Crippen LogP contribution >= 0.6 is 0 Å². The van der Waals surface area contributed by atoms with Crippen molar-refractivity contribution in [1.29, 1.82) is 0 Å². The van der Waals surface area contributed by atoms with Crippen LogP contribution in [-0.2, 0) is 13.5 Å². The summed E-state index contributed by atoms with van der Waals surface area (Å²) in [6.45, 7) is 3.50. The number of aryl methyl sites for hydroxylation is 2. The van der Waals surface area contributed by atoms with Crippen LogP contribution < -0.4 is 5.32 Å². The molecule has 2 heterocycles. The smallest absolute Gasteiger partial charge is 0.108 e. The summed E-state index contributed by atoms with van der Waals surface area (Å²) in [6.07, 6.45) is 8.78. The highest BCUT2D eigenvalue weighted by atomic mass is 15.0. The summed E-state index contributed by atoms with van der Waals surface area (Å²) in [5.74, 6) is 1.19.